The minimum absolute atomic E-state index is 0.128. The van der Waals surface area contributed by atoms with Gasteiger partial charge in [0, 0.05) is 18.3 Å². The van der Waals surface area contributed by atoms with Gasteiger partial charge >= 0.3 is 5.97 Å². The maximum absolute atomic E-state index is 11.7. The van der Waals surface area contributed by atoms with Gasteiger partial charge in [0.2, 0.25) is 0 Å². The monoisotopic (exact) mass is 278 g/mol. The van der Waals surface area contributed by atoms with Crippen LogP contribution in [0.2, 0.25) is 0 Å². The number of allylic oxidation sites excluding steroid dienone is 1. The van der Waals surface area contributed by atoms with Crippen LogP contribution in [-0.2, 0) is 9.53 Å². The maximum Gasteiger partial charge on any atom is 0.303 e. The Morgan fingerprint density at radius 3 is 2.60 bits per heavy atom. The zero-order valence-corrected chi connectivity index (χ0v) is 13.0. The molecule has 2 saturated carbocycles. The molecule has 0 aromatic rings. The Hall–Kier alpha value is -0.830. The van der Waals surface area contributed by atoms with Gasteiger partial charge in [0.1, 0.15) is 5.60 Å². The van der Waals surface area contributed by atoms with Crippen molar-refractivity contribution in [2.24, 2.45) is 22.7 Å². The van der Waals surface area contributed by atoms with Crippen LogP contribution in [0.25, 0.3) is 0 Å². The van der Waals surface area contributed by atoms with E-state index in [0.717, 1.165) is 25.7 Å². The highest BCUT2D eigenvalue weighted by atomic mass is 16.6. The topological polar surface area (TPSA) is 46.5 Å². The Kier molecular flexibility index (Phi) is 2.89. The second-order valence-corrected chi connectivity index (χ2v) is 7.94. The third-order valence-electron chi connectivity index (χ3n) is 6.20. The first kappa shape index (κ1) is 14.1. The highest BCUT2D eigenvalue weighted by Gasteiger charge is 2.71. The Bertz CT molecular complexity index is 475. The number of carbonyl (C=O) groups excluding carboxylic acids is 1. The lowest BCUT2D eigenvalue weighted by atomic mass is 9.44. The van der Waals surface area contributed by atoms with E-state index in [4.69, 9.17) is 4.74 Å². The van der Waals surface area contributed by atoms with Crippen molar-refractivity contribution in [2.45, 2.75) is 59.0 Å². The van der Waals surface area contributed by atoms with E-state index in [1.165, 1.54) is 12.5 Å². The molecule has 0 aliphatic heterocycles. The number of aliphatic hydroxyl groups excluding tert-OH is 1. The largest absolute Gasteiger partial charge is 0.458 e. The van der Waals surface area contributed by atoms with Crippen molar-refractivity contribution in [3.63, 3.8) is 0 Å². The van der Waals surface area contributed by atoms with Crippen molar-refractivity contribution in [3.8, 4) is 0 Å². The number of aliphatic hydroxyl groups is 1. The number of ether oxygens (including phenoxy) is 1. The molecule has 4 aliphatic rings. The smallest absolute Gasteiger partial charge is 0.303 e. The molecule has 0 aromatic carbocycles. The summed E-state index contributed by atoms with van der Waals surface area (Å²) in [5.41, 5.74) is 0.926. The van der Waals surface area contributed by atoms with Gasteiger partial charge < -0.3 is 9.84 Å². The van der Waals surface area contributed by atoms with E-state index in [0.29, 0.717) is 5.92 Å². The lowest BCUT2D eigenvalue weighted by molar-refractivity contribution is -0.248. The number of carbonyl (C=O) groups is 1. The highest BCUT2D eigenvalue weighted by molar-refractivity contribution is 5.67. The van der Waals surface area contributed by atoms with Crippen LogP contribution in [0.5, 0.6) is 0 Å². The molecule has 0 radical (unpaired) electrons. The van der Waals surface area contributed by atoms with Gasteiger partial charge in [-0.2, -0.15) is 0 Å². The average Bonchev–Trinajstić information content (AvgIpc) is 2.45. The van der Waals surface area contributed by atoms with Gasteiger partial charge in [-0.3, -0.25) is 4.79 Å². The molecule has 0 heterocycles. The van der Waals surface area contributed by atoms with E-state index in [2.05, 4.69) is 26.8 Å². The van der Waals surface area contributed by atoms with E-state index in [9.17, 15) is 9.90 Å². The first-order valence-corrected chi connectivity index (χ1v) is 7.75. The normalized spacial score (nSPS) is 45.0. The first-order valence-electron chi connectivity index (χ1n) is 7.75. The van der Waals surface area contributed by atoms with Gasteiger partial charge in [0.15, 0.2) is 0 Å². The van der Waals surface area contributed by atoms with Crippen LogP contribution in [0.4, 0.5) is 0 Å². The minimum atomic E-state index is -0.453. The Morgan fingerprint density at radius 1 is 1.40 bits per heavy atom. The lowest BCUT2D eigenvalue weighted by Gasteiger charge is -2.64. The zero-order valence-electron chi connectivity index (χ0n) is 13.0. The Balaban J connectivity index is 2.13. The number of hydrogen-bond acceptors (Lipinski definition) is 3. The van der Waals surface area contributed by atoms with Crippen LogP contribution < -0.4 is 0 Å². The van der Waals surface area contributed by atoms with Crippen molar-refractivity contribution in [3.05, 3.63) is 11.6 Å². The summed E-state index contributed by atoms with van der Waals surface area (Å²) in [6.45, 7) is 8.41. The SMILES string of the molecule is CC(=O)OC12CCC1(CO)C1CC(C)(C)CC2C=C1C. The molecule has 0 amide bonds. The molecule has 0 saturated heterocycles. The summed E-state index contributed by atoms with van der Waals surface area (Å²) in [5, 5.41) is 10.2. The summed E-state index contributed by atoms with van der Waals surface area (Å²) in [6, 6.07) is 0. The summed E-state index contributed by atoms with van der Waals surface area (Å²) in [7, 11) is 0. The fraction of sp³-hybridized carbons (Fsp3) is 0.824. The number of esters is 1. The summed E-state index contributed by atoms with van der Waals surface area (Å²) in [4.78, 5) is 11.7. The molecule has 3 nitrogen and oxygen atoms in total. The molecule has 0 aromatic heterocycles. The van der Waals surface area contributed by atoms with Crippen LogP contribution >= 0.6 is 0 Å². The molecular formula is C17H26O3. The zero-order chi connectivity index (χ0) is 14.8. The highest BCUT2D eigenvalue weighted by Crippen LogP contribution is 2.69. The third-order valence-corrected chi connectivity index (χ3v) is 6.20. The van der Waals surface area contributed by atoms with Crippen LogP contribution in [0, 0.1) is 22.7 Å². The molecule has 4 rings (SSSR count). The van der Waals surface area contributed by atoms with E-state index in [-0.39, 0.29) is 29.3 Å². The van der Waals surface area contributed by atoms with Crippen LogP contribution in [0.15, 0.2) is 11.6 Å². The van der Waals surface area contributed by atoms with Gasteiger partial charge in [-0.05, 0) is 43.9 Å². The quantitative estimate of drug-likeness (QED) is 0.624. The van der Waals surface area contributed by atoms with E-state index in [1.807, 2.05) is 0 Å². The van der Waals surface area contributed by atoms with Crippen molar-refractivity contribution in [1.29, 1.82) is 0 Å². The number of hydrogen-bond donors (Lipinski definition) is 1. The van der Waals surface area contributed by atoms with Crippen molar-refractivity contribution in [1.82, 2.24) is 0 Å². The third kappa shape index (κ3) is 1.59. The molecule has 112 valence electrons. The van der Waals surface area contributed by atoms with E-state index < -0.39 is 5.60 Å². The van der Waals surface area contributed by atoms with E-state index in [1.54, 1.807) is 0 Å². The molecule has 4 unspecified atom stereocenters. The molecule has 0 spiro atoms. The van der Waals surface area contributed by atoms with Gasteiger partial charge in [-0.15, -0.1) is 0 Å². The van der Waals surface area contributed by atoms with Crippen molar-refractivity contribution < 1.29 is 14.6 Å². The fourth-order valence-electron chi connectivity index (χ4n) is 5.34. The van der Waals surface area contributed by atoms with E-state index >= 15 is 0 Å². The second-order valence-electron chi connectivity index (χ2n) is 7.94. The fourth-order valence-corrected chi connectivity index (χ4v) is 5.34. The predicted octanol–water partition coefficient (Wildman–Crippen LogP) is 3.07. The summed E-state index contributed by atoms with van der Waals surface area (Å²) >= 11 is 0. The number of rotatable bonds is 2. The molecule has 3 heteroatoms. The van der Waals surface area contributed by atoms with Gasteiger partial charge in [0.25, 0.3) is 0 Å². The maximum atomic E-state index is 11.7. The van der Waals surface area contributed by atoms with Crippen LogP contribution in [0.1, 0.15) is 53.4 Å². The molecule has 4 atom stereocenters. The summed E-state index contributed by atoms with van der Waals surface area (Å²) in [5.74, 6) is 0.384. The molecular weight excluding hydrogens is 252 g/mol. The van der Waals surface area contributed by atoms with Crippen molar-refractivity contribution in [2.75, 3.05) is 6.61 Å². The minimum Gasteiger partial charge on any atom is -0.458 e. The first-order chi connectivity index (χ1) is 9.26. The Morgan fingerprint density at radius 2 is 2.10 bits per heavy atom. The van der Waals surface area contributed by atoms with Gasteiger partial charge in [-0.1, -0.05) is 25.5 Å². The second kappa shape index (κ2) is 4.09. The lowest BCUT2D eigenvalue weighted by Crippen LogP contribution is -2.68. The molecule has 1 N–H and O–H groups in total. The average molecular weight is 278 g/mol. The van der Waals surface area contributed by atoms with Crippen LogP contribution in [0.3, 0.4) is 0 Å². The molecule has 2 fully saturated rings. The molecule has 4 aliphatic carbocycles. The van der Waals surface area contributed by atoms with Gasteiger partial charge in [0.05, 0.1) is 6.61 Å². The van der Waals surface area contributed by atoms with Gasteiger partial charge in [-0.25, -0.2) is 0 Å². The summed E-state index contributed by atoms with van der Waals surface area (Å²) < 4.78 is 5.88. The van der Waals surface area contributed by atoms with Crippen LogP contribution in [-0.4, -0.2) is 23.3 Å². The predicted molar refractivity (Wildman–Crippen MR) is 77.0 cm³/mol. The number of fused-ring (bicyclic) bond motifs is 2. The van der Waals surface area contributed by atoms with Crippen molar-refractivity contribution >= 4 is 5.97 Å². The molecule has 20 heavy (non-hydrogen) atoms. The standard InChI is InChI=1S/C17H26O3/c1-11-7-13-8-15(3,4)9-14(11)16(10-18)5-6-17(13,16)20-12(2)19/h7,13-14,18H,5-6,8-10H2,1-4H3. The molecule has 2 bridgehead atoms. The summed E-state index contributed by atoms with van der Waals surface area (Å²) in [6.07, 6.45) is 6.31. The Labute approximate surface area is 121 Å².